The second-order valence-electron chi connectivity index (χ2n) is 4.86. The van der Waals surface area contributed by atoms with Crippen molar-refractivity contribution in [3.8, 4) is 0 Å². The topological polar surface area (TPSA) is 29.1 Å². The standard InChI is InChI=1S/C12H22ClNO/c1-9-5-6-11(10(2)8-9)14-12(15)4-3-7-13/h9-11H,3-8H2,1-2H3,(H,14,15). The van der Waals surface area contributed by atoms with Crippen molar-refractivity contribution in [3.05, 3.63) is 0 Å². The van der Waals surface area contributed by atoms with Crippen LogP contribution < -0.4 is 5.32 Å². The van der Waals surface area contributed by atoms with Gasteiger partial charge in [0.1, 0.15) is 0 Å². The van der Waals surface area contributed by atoms with Gasteiger partial charge in [0, 0.05) is 18.3 Å². The van der Waals surface area contributed by atoms with E-state index in [1.165, 1.54) is 12.8 Å². The van der Waals surface area contributed by atoms with Gasteiger partial charge in [-0.05, 0) is 37.5 Å². The van der Waals surface area contributed by atoms with E-state index in [2.05, 4.69) is 19.2 Å². The van der Waals surface area contributed by atoms with E-state index < -0.39 is 0 Å². The zero-order valence-corrected chi connectivity index (χ0v) is 10.5. The normalized spacial score (nSPS) is 31.3. The molecule has 1 N–H and O–H groups in total. The highest BCUT2D eigenvalue weighted by Gasteiger charge is 2.26. The van der Waals surface area contributed by atoms with Gasteiger partial charge in [0.2, 0.25) is 5.91 Å². The lowest BCUT2D eigenvalue weighted by Crippen LogP contribution is -2.42. The summed E-state index contributed by atoms with van der Waals surface area (Å²) in [4.78, 5) is 11.5. The van der Waals surface area contributed by atoms with E-state index in [0.717, 1.165) is 18.8 Å². The molecule has 1 fully saturated rings. The molecule has 1 aliphatic carbocycles. The Labute approximate surface area is 97.8 Å². The number of carbonyl (C=O) groups is 1. The fraction of sp³-hybridized carbons (Fsp3) is 0.917. The summed E-state index contributed by atoms with van der Waals surface area (Å²) in [6.45, 7) is 4.53. The van der Waals surface area contributed by atoms with Gasteiger partial charge in [-0.1, -0.05) is 13.8 Å². The Bertz CT molecular complexity index is 208. The van der Waals surface area contributed by atoms with E-state index in [-0.39, 0.29) is 5.91 Å². The molecule has 1 saturated carbocycles. The average Bonchev–Trinajstić information content (AvgIpc) is 2.19. The van der Waals surface area contributed by atoms with E-state index in [4.69, 9.17) is 11.6 Å². The highest BCUT2D eigenvalue weighted by Crippen LogP contribution is 2.28. The predicted molar refractivity (Wildman–Crippen MR) is 64.1 cm³/mol. The molecule has 1 rings (SSSR count). The molecule has 1 aliphatic rings. The second-order valence-corrected chi connectivity index (χ2v) is 5.24. The molecule has 3 atom stereocenters. The van der Waals surface area contributed by atoms with Crippen LogP contribution in [-0.2, 0) is 4.79 Å². The monoisotopic (exact) mass is 231 g/mol. The maximum atomic E-state index is 11.5. The Kier molecular flexibility index (Phi) is 5.44. The molecule has 0 heterocycles. The molecule has 0 radical (unpaired) electrons. The number of halogens is 1. The van der Waals surface area contributed by atoms with E-state index in [1.807, 2.05) is 0 Å². The summed E-state index contributed by atoms with van der Waals surface area (Å²) >= 11 is 5.56. The molecular formula is C12H22ClNO. The van der Waals surface area contributed by atoms with E-state index >= 15 is 0 Å². The predicted octanol–water partition coefficient (Wildman–Crippen LogP) is 2.95. The lowest BCUT2D eigenvalue weighted by molar-refractivity contribution is -0.122. The fourth-order valence-electron chi connectivity index (χ4n) is 2.39. The number of rotatable bonds is 4. The van der Waals surface area contributed by atoms with Gasteiger partial charge < -0.3 is 5.32 Å². The van der Waals surface area contributed by atoms with Gasteiger partial charge >= 0.3 is 0 Å². The van der Waals surface area contributed by atoms with Crippen molar-refractivity contribution in [2.24, 2.45) is 11.8 Å². The first-order valence-corrected chi connectivity index (χ1v) is 6.52. The van der Waals surface area contributed by atoms with Crippen molar-refractivity contribution >= 4 is 17.5 Å². The molecule has 0 bridgehead atoms. The maximum Gasteiger partial charge on any atom is 0.220 e. The van der Waals surface area contributed by atoms with Gasteiger partial charge in [-0.2, -0.15) is 0 Å². The van der Waals surface area contributed by atoms with Crippen LogP contribution in [0.25, 0.3) is 0 Å². The summed E-state index contributed by atoms with van der Waals surface area (Å²) in [5.41, 5.74) is 0. The summed E-state index contributed by atoms with van der Waals surface area (Å²) in [5.74, 6) is 2.18. The SMILES string of the molecule is CC1CCC(NC(=O)CCCCl)C(C)C1. The Hall–Kier alpha value is -0.240. The maximum absolute atomic E-state index is 11.5. The number of nitrogens with one attached hydrogen (secondary N) is 1. The van der Waals surface area contributed by atoms with Crippen LogP contribution >= 0.6 is 11.6 Å². The van der Waals surface area contributed by atoms with Crippen LogP contribution in [0.1, 0.15) is 46.0 Å². The van der Waals surface area contributed by atoms with Gasteiger partial charge in [0.05, 0.1) is 0 Å². The van der Waals surface area contributed by atoms with Crippen molar-refractivity contribution in [3.63, 3.8) is 0 Å². The van der Waals surface area contributed by atoms with E-state index in [1.54, 1.807) is 0 Å². The highest BCUT2D eigenvalue weighted by atomic mass is 35.5. The molecule has 3 unspecified atom stereocenters. The van der Waals surface area contributed by atoms with Crippen molar-refractivity contribution in [2.45, 2.75) is 52.0 Å². The summed E-state index contributed by atoms with van der Waals surface area (Å²) in [6, 6.07) is 0.393. The summed E-state index contributed by atoms with van der Waals surface area (Å²) < 4.78 is 0. The zero-order chi connectivity index (χ0) is 11.3. The minimum atomic E-state index is 0.169. The highest BCUT2D eigenvalue weighted by molar-refractivity contribution is 6.17. The molecule has 88 valence electrons. The average molecular weight is 232 g/mol. The first-order valence-electron chi connectivity index (χ1n) is 5.98. The molecule has 0 aromatic rings. The van der Waals surface area contributed by atoms with Gasteiger partial charge in [0.25, 0.3) is 0 Å². The largest absolute Gasteiger partial charge is 0.353 e. The second kappa shape index (κ2) is 6.37. The van der Waals surface area contributed by atoms with Gasteiger partial charge in [-0.25, -0.2) is 0 Å². The Morgan fingerprint density at radius 1 is 1.40 bits per heavy atom. The molecule has 0 aromatic carbocycles. The van der Waals surface area contributed by atoms with Gasteiger partial charge in [-0.15, -0.1) is 11.6 Å². The quantitative estimate of drug-likeness (QED) is 0.741. The fourth-order valence-corrected chi connectivity index (χ4v) is 2.52. The molecule has 0 saturated heterocycles. The number of alkyl halides is 1. The minimum absolute atomic E-state index is 0.169. The number of carbonyl (C=O) groups excluding carboxylic acids is 1. The number of amides is 1. The van der Waals surface area contributed by atoms with E-state index in [9.17, 15) is 4.79 Å². The Balaban J connectivity index is 2.28. The molecular weight excluding hydrogens is 210 g/mol. The Morgan fingerprint density at radius 2 is 2.13 bits per heavy atom. The lowest BCUT2D eigenvalue weighted by Gasteiger charge is -2.33. The van der Waals surface area contributed by atoms with Crippen LogP contribution in [-0.4, -0.2) is 17.8 Å². The molecule has 2 nitrogen and oxygen atoms in total. The molecule has 0 aromatic heterocycles. The molecule has 15 heavy (non-hydrogen) atoms. The van der Waals surface area contributed by atoms with Crippen LogP contribution in [0.3, 0.4) is 0 Å². The van der Waals surface area contributed by atoms with Crippen molar-refractivity contribution in [2.75, 3.05) is 5.88 Å². The summed E-state index contributed by atoms with van der Waals surface area (Å²) in [7, 11) is 0. The molecule has 0 aliphatic heterocycles. The minimum Gasteiger partial charge on any atom is -0.353 e. The summed E-state index contributed by atoms with van der Waals surface area (Å²) in [5, 5.41) is 3.13. The first kappa shape index (κ1) is 12.8. The van der Waals surface area contributed by atoms with Crippen LogP contribution in [0, 0.1) is 11.8 Å². The lowest BCUT2D eigenvalue weighted by atomic mass is 9.80. The molecule has 3 heteroatoms. The third kappa shape index (κ3) is 4.42. The van der Waals surface area contributed by atoms with Gasteiger partial charge in [0.15, 0.2) is 0 Å². The molecule has 0 spiro atoms. The number of hydrogen-bond donors (Lipinski definition) is 1. The van der Waals surface area contributed by atoms with Crippen molar-refractivity contribution in [1.29, 1.82) is 0 Å². The summed E-state index contributed by atoms with van der Waals surface area (Å²) in [6.07, 6.45) is 4.97. The van der Waals surface area contributed by atoms with Gasteiger partial charge in [-0.3, -0.25) is 4.79 Å². The van der Waals surface area contributed by atoms with Crippen molar-refractivity contribution in [1.82, 2.24) is 5.32 Å². The van der Waals surface area contributed by atoms with Crippen LogP contribution in [0.2, 0.25) is 0 Å². The zero-order valence-electron chi connectivity index (χ0n) is 9.76. The van der Waals surface area contributed by atoms with E-state index in [0.29, 0.717) is 24.3 Å². The van der Waals surface area contributed by atoms with Crippen LogP contribution in [0.4, 0.5) is 0 Å². The smallest absolute Gasteiger partial charge is 0.220 e. The molecule has 1 amide bonds. The first-order chi connectivity index (χ1) is 7.13. The number of hydrogen-bond acceptors (Lipinski definition) is 1. The third-order valence-corrected chi connectivity index (χ3v) is 3.58. The third-order valence-electron chi connectivity index (χ3n) is 3.32. The van der Waals surface area contributed by atoms with Crippen LogP contribution in [0.5, 0.6) is 0 Å². The Morgan fingerprint density at radius 3 is 2.73 bits per heavy atom. The van der Waals surface area contributed by atoms with Crippen molar-refractivity contribution < 1.29 is 4.79 Å². The van der Waals surface area contributed by atoms with Crippen LogP contribution in [0.15, 0.2) is 0 Å².